The molecular weight excluding hydrogens is 226 g/mol. The van der Waals surface area contributed by atoms with Crippen molar-refractivity contribution in [1.29, 1.82) is 0 Å². The molecular formula is C14H27N3O. The molecule has 0 atom stereocenters. The molecule has 0 aliphatic heterocycles. The first-order chi connectivity index (χ1) is 8.74. The fourth-order valence-corrected chi connectivity index (χ4v) is 1.69. The Morgan fingerprint density at radius 2 is 2.22 bits per heavy atom. The third kappa shape index (κ3) is 6.17. The highest BCUT2D eigenvalue weighted by molar-refractivity contribution is 4.91. The zero-order valence-electron chi connectivity index (χ0n) is 12.0. The lowest BCUT2D eigenvalue weighted by molar-refractivity contribution is 0.123. The smallest absolute Gasteiger partial charge is 0.122 e. The maximum absolute atomic E-state index is 5.58. The molecule has 1 N–H and O–H groups in total. The quantitative estimate of drug-likeness (QED) is 0.651. The van der Waals surface area contributed by atoms with Crippen molar-refractivity contribution in [2.75, 3.05) is 19.8 Å². The highest BCUT2D eigenvalue weighted by atomic mass is 16.5. The van der Waals surface area contributed by atoms with Crippen LogP contribution in [0.2, 0.25) is 0 Å². The van der Waals surface area contributed by atoms with Gasteiger partial charge in [-0.1, -0.05) is 27.2 Å². The van der Waals surface area contributed by atoms with Crippen molar-refractivity contribution in [2.24, 2.45) is 5.92 Å². The summed E-state index contributed by atoms with van der Waals surface area (Å²) < 4.78 is 7.74. The van der Waals surface area contributed by atoms with Crippen LogP contribution in [-0.4, -0.2) is 29.3 Å². The van der Waals surface area contributed by atoms with Crippen molar-refractivity contribution in [3.05, 3.63) is 18.2 Å². The molecule has 0 fully saturated rings. The topological polar surface area (TPSA) is 39.1 Å². The summed E-state index contributed by atoms with van der Waals surface area (Å²) in [5.41, 5.74) is 0. The van der Waals surface area contributed by atoms with Gasteiger partial charge >= 0.3 is 0 Å². The molecule has 0 aromatic carbocycles. The first kappa shape index (κ1) is 15.2. The Kier molecular flexibility index (Phi) is 7.69. The minimum atomic E-state index is 0.672. The predicted octanol–water partition coefficient (Wildman–Crippen LogP) is 2.45. The second kappa shape index (κ2) is 9.11. The van der Waals surface area contributed by atoms with E-state index in [2.05, 4.69) is 35.6 Å². The number of aromatic nitrogens is 2. The Balaban J connectivity index is 2.22. The summed E-state index contributed by atoms with van der Waals surface area (Å²) in [6.07, 6.45) is 6.22. The van der Waals surface area contributed by atoms with E-state index in [1.54, 1.807) is 0 Å². The Morgan fingerprint density at radius 1 is 1.39 bits per heavy atom. The van der Waals surface area contributed by atoms with Gasteiger partial charge in [-0.15, -0.1) is 0 Å². The highest BCUT2D eigenvalue weighted by Crippen LogP contribution is 1.99. The second-order valence-corrected chi connectivity index (χ2v) is 5.03. The SMILES string of the molecule is CCCCOCCn1ccnc1CNCC(C)C. The van der Waals surface area contributed by atoms with Crippen molar-refractivity contribution >= 4 is 0 Å². The van der Waals surface area contributed by atoms with E-state index in [0.29, 0.717) is 5.92 Å². The van der Waals surface area contributed by atoms with E-state index in [0.717, 1.165) is 45.1 Å². The van der Waals surface area contributed by atoms with E-state index in [4.69, 9.17) is 4.74 Å². The zero-order chi connectivity index (χ0) is 13.2. The standard InChI is InChI=1S/C14H27N3O/c1-4-5-9-18-10-8-17-7-6-16-14(17)12-15-11-13(2)3/h6-7,13,15H,4-5,8-12H2,1-3H3. The third-order valence-electron chi connectivity index (χ3n) is 2.76. The summed E-state index contributed by atoms with van der Waals surface area (Å²) in [4.78, 5) is 4.37. The first-order valence-corrected chi connectivity index (χ1v) is 7.02. The lowest BCUT2D eigenvalue weighted by Crippen LogP contribution is -2.22. The van der Waals surface area contributed by atoms with Gasteiger partial charge in [-0.05, 0) is 18.9 Å². The normalized spacial score (nSPS) is 11.3. The van der Waals surface area contributed by atoms with Gasteiger partial charge in [-0.2, -0.15) is 0 Å². The van der Waals surface area contributed by atoms with E-state index in [-0.39, 0.29) is 0 Å². The summed E-state index contributed by atoms with van der Waals surface area (Å²) in [5, 5.41) is 3.41. The number of nitrogens with zero attached hydrogens (tertiary/aromatic N) is 2. The average molecular weight is 253 g/mol. The molecule has 0 bridgehead atoms. The first-order valence-electron chi connectivity index (χ1n) is 7.02. The Labute approximate surface area is 111 Å². The third-order valence-corrected chi connectivity index (χ3v) is 2.76. The minimum Gasteiger partial charge on any atom is -0.380 e. The van der Waals surface area contributed by atoms with Crippen molar-refractivity contribution in [1.82, 2.24) is 14.9 Å². The van der Waals surface area contributed by atoms with E-state index >= 15 is 0 Å². The minimum absolute atomic E-state index is 0.672. The molecule has 18 heavy (non-hydrogen) atoms. The van der Waals surface area contributed by atoms with E-state index in [1.807, 2.05) is 12.4 Å². The van der Waals surface area contributed by atoms with Crippen LogP contribution in [0.4, 0.5) is 0 Å². The van der Waals surface area contributed by atoms with Gasteiger partial charge in [-0.3, -0.25) is 0 Å². The lowest BCUT2D eigenvalue weighted by atomic mass is 10.2. The lowest BCUT2D eigenvalue weighted by Gasteiger charge is -2.10. The predicted molar refractivity (Wildman–Crippen MR) is 74.5 cm³/mol. The van der Waals surface area contributed by atoms with E-state index in [9.17, 15) is 0 Å². The van der Waals surface area contributed by atoms with Crippen LogP contribution in [0.1, 0.15) is 39.4 Å². The van der Waals surface area contributed by atoms with Gasteiger partial charge in [0.05, 0.1) is 13.2 Å². The number of nitrogens with one attached hydrogen (secondary N) is 1. The van der Waals surface area contributed by atoms with Gasteiger partial charge in [0.2, 0.25) is 0 Å². The van der Waals surface area contributed by atoms with Crippen LogP contribution in [0.15, 0.2) is 12.4 Å². The molecule has 1 heterocycles. The Hall–Kier alpha value is -0.870. The molecule has 1 rings (SSSR count). The monoisotopic (exact) mass is 253 g/mol. The largest absolute Gasteiger partial charge is 0.380 e. The van der Waals surface area contributed by atoms with Gasteiger partial charge in [0.15, 0.2) is 0 Å². The molecule has 0 saturated carbocycles. The highest BCUT2D eigenvalue weighted by Gasteiger charge is 2.02. The van der Waals surface area contributed by atoms with Crippen LogP contribution in [-0.2, 0) is 17.8 Å². The number of ether oxygens (including phenoxy) is 1. The summed E-state index contributed by atoms with van der Waals surface area (Å²) in [6, 6.07) is 0. The van der Waals surface area contributed by atoms with Crippen LogP contribution >= 0.6 is 0 Å². The van der Waals surface area contributed by atoms with Crippen LogP contribution in [0.5, 0.6) is 0 Å². The molecule has 0 unspecified atom stereocenters. The maximum atomic E-state index is 5.58. The molecule has 0 amide bonds. The molecule has 0 saturated heterocycles. The summed E-state index contributed by atoms with van der Waals surface area (Å²) >= 11 is 0. The molecule has 0 aliphatic carbocycles. The maximum Gasteiger partial charge on any atom is 0.122 e. The molecule has 0 aliphatic rings. The summed E-state index contributed by atoms with van der Waals surface area (Å²) in [6.45, 7) is 11.0. The number of rotatable bonds is 10. The van der Waals surface area contributed by atoms with Crippen molar-refractivity contribution < 1.29 is 4.74 Å². The Morgan fingerprint density at radius 3 is 2.94 bits per heavy atom. The fourth-order valence-electron chi connectivity index (χ4n) is 1.69. The van der Waals surface area contributed by atoms with Gasteiger partial charge in [0, 0.05) is 25.5 Å². The van der Waals surface area contributed by atoms with Crippen LogP contribution < -0.4 is 5.32 Å². The fraction of sp³-hybridized carbons (Fsp3) is 0.786. The molecule has 0 radical (unpaired) electrons. The van der Waals surface area contributed by atoms with E-state index in [1.165, 1.54) is 6.42 Å². The zero-order valence-corrected chi connectivity index (χ0v) is 12.0. The molecule has 0 spiro atoms. The Bertz CT molecular complexity index is 310. The van der Waals surface area contributed by atoms with Gasteiger partial charge in [0.25, 0.3) is 0 Å². The summed E-state index contributed by atoms with van der Waals surface area (Å²) in [5.74, 6) is 1.76. The average Bonchev–Trinajstić information content (AvgIpc) is 2.76. The van der Waals surface area contributed by atoms with Gasteiger partial charge in [0.1, 0.15) is 5.82 Å². The molecule has 4 heteroatoms. The van der Waals surface area contributed by atoms with Crippen molar-refractivity contribution in [3.8, 4) is 0 Å². The van der Waals surface area contributed by atoms with Crippen LogP contribution in [0, 0.1) is 5.92 Å². The number of unbranched alkanes of at least 4 members (excludes halogenated alkanes) is 1. The summed E-state index contributed by atoms with van der Waals surface area (Å²) in [7, 11) is 0. The molecule has 4 nitrogen and oxygen atoms in total. The second-order valence-electron chi connectivity index (χ2n) is 5.03. The number of imidazole rings is 1. The molecule has 104 valence electrons. The van der Waals surface area contributed by atoms with Crippen molar-refractivity contribution in [2.45, 2.75) is 46.7 Å². The van der Waals surface area contributed by atoms with Crippen molar-refractivity contribution in [3.63, 3.8) is 0 Å². The van der Waals surface area contributed by atoms with Crippen LogP contribution in [0.3, 0.4) is 0 Å². The van der Waals surface area contributed by atoms with E-state index < -0.39 is 0 Å². The molecule has 1 aromatic rings. The molecule has 1 aromatic heterocycles. The number of hydrogen-bond acceptors (Lipinski definition) is 3. The van der Waals surface area contributed by atoms with Crippen LogP contribution in [0.25, 0.3) is 0 Å². The van der Waals surface area contributed by atoms with Gasteiger partial charge in [-0.25, -0.2) is 4.98 Å². The number of hydrogen-bond donors (Lipinski definition) is 1. The van der Waals surface area contributed by atoms with Gasteiger partial charge < -0.3 is 14.6 Å².